The van der Waals surface area contributed by atoms with E-state index in [-0.39, 0.29) is 12.2 Å². The summed E-state index contributed by atoms with van der Waals surface area (Å²) >= 11 is 0. The van der Waals surface area contributed by atoms with Gasteiger partial charge in [0.25, 0.3) is 0 Å². The van der Waals surface area contributed by atoms with Crippen molar-refractivity contribution in [1.29, 1.82) is 0 Å². The van der Waals surface area contributed by atoms with E-state index in [1.165, 1.54) is 6.92 Å². The molecule has 0 aliphatic carbocycles. The van der Waals surface area contributed by atoms with E-state index in [1.807, 2.05) is 0 Å². The van der Waals surface area contributed by atoms with Crippen molar-refractivity contribution in [1.82, 2.24) is 0 Å². The van der Waals surface area contributed by atoms with Gasteiger partial charge in [-0.2, -0.15) is 0 Å². The van der Waals surface area contributed by atoms with Crippen LogP contribution in [0.1, 0.15) is 13.3 Å². The van der Waals surface area contributed by atoms with E-state index in [4.69, 9.17) is 10.8 Å². The summed E-state index contributed by atoms with van der Waals surface area (Å²) in [6.07, 6.45) is -0.282. The summed E-state index contributed by atoms with van der Waals surface area (Å²) in [5.74, 6) is -1.34. The quantitative estimate of drug-likeness (QED) is 0.534. The van der Waals surface area contributed by atoms with Gasteiger partial charge in [0, 0.05) is 0 Å². The van der Waals surface area contributed by atoms with Crippen LogP contribution in [0.4, 0.5) is 0 Å². The van der Waals surface area contributed by atoms with Crippen molar-refractivity contribution in [3.63, 3.8) is 0 Å². The fourth-order valence-corrected chi connectivity index (χ4v) is 0.332. The molecule has 0 unspecified atom stereocenters. The van der Waals surface area contributed by atoms with Crippen molar-refractivity contribution >= 4 is 11.8 Å². The summed E-state index contributed by atoms with van der Waals surface area (Å²) in [5.41, 5.74) is 5.09. The second-order valence-corrected chi connectivity index (χ2v) is 1.82. The summed E-state index contributed by atoms with van der Waals surface area (Å²) in [4.78, 5) is 20.2. The first-order valence-corrected chi connectivity index (χ1v) is 2.52. The molecule has 0 rings (SSSR count). The van der Waals surface area contributed by atoms with Crippen LogP contribution in [-0.4, -0.2) is 22.9 Å². The fraction of sp³-hybridized carbons (Fsp3) is 0.600. The molecule has 0 aliphatic heterocycles. The molecule has 1 atom stereocenters. The zero-order chi connectivity index (χ0) is 7.44. The Bertz CT molecular complexity index is 132. The Morgan fingerprint density at radius 2 is 2.11 bits per heavy atom. The molecule has 3 N–H and O–H groups in total. The highest BCUT2D eigenvalue weighted by Gasteiger charge is 2.11. The van der Waals surface area contributed by atoms with Gasteiger partial charge in [-0.3, -0.25) is 9.59 Å². The zero-order valence-corrected chi connectivity index (χ0v) is 5.13. The van der Waals surface area contributed by atoms with Gasteiger partial charge in [-0.25, -0.2) is 0 Å². The minimum Gasteiger partial charge on any atom is -0.481 e. The molecule has 0 aromatic heterocycles. The minimum atomic E-state index is -1.04. The number of ketones is 1. The fourth-order valence-electron chi connectivity index (χ4n) is 0.332. The average molecular weight is 131 g/mol. The number of carboxylic acids is 1. The number of rotatable bonds is 3. The van der Waals surface area contributed by atoms with Gasteiger partial charge in [-0.15, -0.1) is 0 Å². The van der Waals surface area contributed by atoms with Gasteiger partial charge in [-0.05, 0) is 6.92 Å². The van der Waals surface area contributed by atoms with Crippen LogP contribution >= 0.6 is 0 Å². The Morgan fingerprint density at radius 1 is 1.67 bits per heavy atom. The summed E-state index contributed by atoms with van der Waals surface area (Å²) in [6, 6.07) is -0.845. The van der Waals surface area contributed by atoms with Crippen molar-refractivity contribution in [3.8, 4) is 0 Å². The highest BCUT2D eigenvalue weighted by Crippen LogP contribution is 1.87. The number of hydrogen-bond donors (Lipinski definition) is 2. The molecule has 0 aromatic rings. The first-order chi connectivity index (χ1) is 4.04. The number of Topliss-reactive ketones (excluding diaryl/α,β-unsaturated/α-hetero) is 1. The number of aliphatic carboxylic acids is 1. The van der Waals surface area contributed by atoms with Crippen LogP contribution in [0.2, 0.25) is 0 Å². The second kappa shape index (κ2) is 3.19. The lowest BCUT2D eigenvalue weighted by Crippen LogP contribution is -2.30. The largest absolute Gasteiger partial charge is 0.481 e. The van der Waals surface area contributed by atoms with Gasteiger partial charge in [0.2, 0.25) is 0 Å². The molecule has 0 fully saturated rings. The molecule has 4 nitrogen and oxygen atoms in total. The van der Waals surface area contributed by atoms with Crippen LogP contribution in [0, 0.1) is 0 Å². The number of carboxylic acid groups (broad SMARTS) is 1. The Labute approximate surface area is 52.7 Å². The first-order valence-electron chi connectivity index (χ1n) is 2.52. The lowest BCUT2D eigenvalue weighted by Gasteiger charge is -2.00. The van der Waals surface area contributed by atoms with Crippen LogP contribution < -0.4 is 5.73 Å². The number of carbonyl (C=O) groups is 2. The summed E-state index contributed by atoms with van der Waals surface area (Å²) in [6.45, 7) is 1.27. The third-order valence-corrected chi connectivity index (χ3v) is 0.917. The number of nitrogens with two attached hydrogens (primary N) is 1. The standard InChI is InChI=1S/C5H9NO3/c1-3(7)4(6)2-5(8)9/h4H,2,6H2,1H3,(H,8,9)/t4-/m1/s1. The maximum Gasteiger partial charge on any atom is 0.305 e. The Hall–Kier alpha value is -0.900. The second-order valence-electron chi connectivity index (χ2n) is 1.82. The van der Waals surface area contributed by atoms with Gasteiger partial charge in [0.15, 0.2) is 0 Å². The third kappa shape index (κ3) is 3.66. The summed E-state index contributed by atoms with van der Waals surface area (Å²) in [7, 11) is 0. The zero-order valence-electron chi connectivity index (χ0n) is 5.13. The summed E-state index contributed by atoms with van der Waals surface area (Å²) < 4.78 is 0. The molecule has 0 heterocycles. The van der Waals surface area contributed by atoms with Crippen molar-refractivity contribution < 1.29 is 14.7 Å². The van der Waals surface area contributed by atoms with Gasteiger partial charge >= 0.3 is 5.97 Å². The van der Waals surface area contributed by atoms with E-state index in [2.05, 4.69) is 0 Å². The Morgan fingerprint density at radius 3 is 2.22 bits per heavy atom. The van der Waals surface area contributed by atoms with Crippen molar-refractivity contribution in [2.45, 2.75) is 19.4 Å². The smallest absolute Gasteiger partial charge is 0.305 e. The lowest BCUT2D eigenvalue weighted by molar-refractivity contribution is -0.138. The van der Waals surface area contributed by atoms with E-state index in [0.29, 0.717) is 0 Å². The van der Waals surface area contributed by atoms with Gasteiger partial charge < -0.3 is 10.8 Å². The number of carbonyl (C=O) groups excluding carboxylic acids is 1. The van der Waals surface area contributed by atoms with E-state index in [9.17, 15) is 9.59 Å². The van der Waals surface area contributed by atoms with Crippen LogP contribution in [0.15, 0.2) is 0 Å². The van der Waals surface area contributed by atoms with E-state index in [1.54, 1.807) is 0 Å². The Kier molecular flexibility index (Phi) is 2.87. The molecule has 0 spiro atoms. The van der Waals surface area contributed by atoms with Crippen LogP contribution in [-0.2, 0) is 9.59 Å². The molecule has 4 heteroatoms. The molecule has 0 amide bonds. The van der Waals surface area contributed by atoms with E-state index < -0.39 is 12.0 Å². The third-order valence-electron chi connectivity index (χ3n) is 0.917. The predicted molar refractivity (Wildman–Crippen MR) is 30.9 cm³/mol. The highest BCUT2D eigenvalue weighted by molar-refractivity contribution is 5.85. The molecular weight excluding hydrogens is 122 g/mol. The normalized spacial score (nSPS) is 12.7. The topological polar surface area (TPSA) is 80.4 Å². The lowest BCUT2D eigenvalue weighted by atomic mass is 10.1. The average Bonchev–Trinajstić information content (AvgIpc) is 1.63. The van der Waals surface area contributed by atoms with Crippen LogP contribution in [0.5, 0.6) is 0 Å². The van der Waals surface area contributed by atoms with E-state index in [0.717, 1.165) is 0 Å². The SMILES string of the molecule is CC(=O)[C@H](N)CC(=O)O. The monoisotopic (exact) mass is 131 g/mol. The Balaban J connectivity index is 3.63. The molecule has 0 aromatic carbocycles. The minimum absolute atomic E-state index is 0.282. The highest BCUT2D eigenvalue weighted by atomic mass is 16.4. The van der Waals surface area contributed by atoms with Crippen molar-refractivity contribution in [3.05, 3.63) is 0 Å². The van der Waals surface area contributed by atoms with Gasteiger partial charge in [0.05, 0.1) is 12.5 Å². The van der Waals surface area contributed by atoms with Gasteiger partial charge in [0.1, 0.15) is 5.78 Å². The molecule has 0 radical (unpaired) electrons. The predicted octanol–water partition coefficient (Wildman–Crippen LogP) is -0.623. The molecule has 52 valence electrons. The van der Waals surface area contributed by atoms with Crippen molar-refractivity contribution in [2.75, 3.05) is 0 Å². The molecular formula is C5H9NO3. The maximum atomic E-state index is 10.3. The van der Waals surface area contributed by atoms with Crippen molar-refractivity contribution in [2.24, 2.45) is 5.73 Å². The maximum absolute atomic E-state index is 10.3. The van der Waals surface area contributed by atoms with E-state index >= 15 is 0 Å². The number of hydrogen-bond acceptors (Lipinski definition) is 3. The molecule has 0 bridgehead atoms. The molecule has 0 saturated heterocycles. The summed E-state index contributed by atoms with van der Waals surface area (Å²) in [5, 5.41) is 8.10. The first kappa shape index (κ1) is 8.10. The molecule has 0 saturated carbocycles. The molecule has 9 heavy (non-hydrogen) atoms. The van der Waals surface area contributed by atoms with Crippen LogP contribution in [0.25, 0.3) is 0 Å². The van der Waals surface area contributed by atoms with Crippen LogP contribution in [0.3, 0.4) is 0 Å². The molecule has 0 aliphatic rings. The van der Waals surface area contributed by atoms with Gasteiger partial charge in [-0.1, -0.05) is 0 Å².